The summed E-state index contributed by atoms with van der Waals surface area (Å²) in [6.07, 6.45) is 2.94. The number of benzene rings is 1. The van der Waals surface area contributed by atoms with E-state index in [1.165, 1.54) is 16.4 Å². The van der Waals surface area contributed by atoms with E-state index in [0.717, 1.165) is 11.4 Å². The molecule has 31 heavy (non-hydrogen) atoms. The lowest BCUT2D eigenvalue weighted by atomic mass is 10.2. The van der Waals surface area contributed by atoms with Crippen LogP contribution >= 0.6 is 0 Å². The minimum Gasteiger partial charge on any atom is -0.462 e. The number of hydrogen-bond acceptors (Lipinski definition) is 6. The molecule has 8 nitrogen and oxygen atoms in total. The van der Waals surface area contributed by atoms with E-state index in [0.29, 0.717) is 50.8 Å². The maximum absolute atomic E-state index is 13.0. The van der Waals surface area contributed by atoms with Crippen LogP contribution < -0.4 is 10.2 Å². The molecule has 1 N–H and O–H groups in total. The fraction of sp³-hybridized carbons (Fsp3) is 0.409. The molecular formula is C22H29N3O5S. The number of hydrogen-bond donors (Lipinski definition) is 1. The van der Waals surface area contributed by atoms with Crippen LogP contribution in [0.5, 0.6) is 0 Å². The van der Waals surface area contributed by atoms with Crippen LogP contribution in [0.4, 0.5) is 11.4 Å². The minimum absolute atomic E-state index is 0.147. The topological polar surface area (TPSA) is 92.1 Å². The van der Waals surface area contributed by atoms with E-state index in [9.17, 15) is 13.2 Å². The quantitative estimate of drug-likeness (QED) is 0.625. The number of nitrogens with one attached hydrogen (secondary N) is 1. The van der Waals surface area contributed by atoms with Crippen molar-refractivity contribution in [3.05, 3.63) is 47.9 Å². The molecule has 0 unspecified atom stereocenters. The van der Waals surface area contributed by atoms with Gasteiger partial charge in [-0.1, -0.05) is 13.8 Å². The molecular weight excluding hydrogens is 418 g/mol. The Labute approximate surface area is 183 Å². The molecule has 1 fully saturated rings. The highest BCUT2D eigenvalue weighted by Crippen LogP contribution is 2.31. The lowest BCUT2D eigenvalue weighted by Crippen LogP contribution is -2.37. The van der Waals surface area contributed by atoms with Crippen LogP contribution in [0.3, 0.4) is 0 Å². The van der Waals surface area contributed by atoms with Gasteiger partial charge in [-0.3, -0.25) is 4.79 Å². The van der Waals surface area contributed by atoms with Gasteiger partial charge >= 0.3 is 0 Å². The SMILES string of the molecule is CCN(CC)S(=O)(=O)c1ccc(N2CCOCC2)c(NC(=O)C=Cc2ccc(C)o2)c1. The molecule has 3 rings (SSSR count). The number of ether oxygens (including phenoxy) is 1. The molecule has 0 aliphatic carbocycles. The van der Waals surface area contributed by atoms with Crippen molar-refractivity contribution in [1.29, 1.82) is 0 Å². The molecule has 0 spiro atoms. The van der Waals surface area contributed by atoms with Crippen LogP contribution in [0.25, 0.3) is 6.08 Å². The summed E-state index contributed by atoms with van der Waals surface area (Å²) in [4.78, 5) is 14.8. The van der Waals surface area contributed by atoms with Gasteiger partial charge in [-0.2, -0.15) is 4.31 Å². The van der Waals surface area contributed by atoms with Crippen LogP contribution in [0.2, 0.25) is 0 Å². The van der Waals surface area contributed by atoms with Crippen LogP contribution in [0.15, 0.2) is 45.7 Å². The van der Waals surface area contributed by atoms with Gasteiger partial charge in [0.1, 0.15) is 11.5 Å². The smallest absolute Gasteiger partial charge is 0.248 e. The maximum Gasteiger partial charge on any atom is 0.248 e. The Kier molecular flexibility index (Phi) is 7.53. The predicted octanol–water partition coefficient (Wildman–Crippen LogP) is 3.11. The number of carbonyl (C=O) groups is 1. The van der Waals surface area contributed by atoms with Crippen molar-refractivity contribution < 1.29 is 22.4 Å². The van der Waals surface area contributed by atoms with Crippen molar-refractivity contribution in [2.75, 3.05) is 49.6 Å². The fourth-order valence-electron chi connectivity index (χ4n) is 3.44. The average molecular weight is 448 g/mol. The molecule has 0 saturated carbocycles. The molecule has 1 aliphatic heterocycles. The fourth-order valence-corrected chi connectivity index (χ4v) is 4.93. The third-order valence-electron chi connectivity index (χ3n) is 5.08. The normalized spacial score (nSPS) is 15.0. The number of sulfonamides is 1. The van der Waals surface area contributed by atoms with Gasteiger partial charge in [-0.25, -0.2) is 8.42 Å². The Morgan fingerprint density at radius 2 is 1.87 bits per heavy atom. The zero-order chi connectivity index (χ0) is 22.4. The van der Waals surface area contributed by atoms with Gasteiger partial charge in [0.2, 0.25) is 15.9 Å². The molecule has 0 atom stereocenters. The lowest BCUT2D eigenvalue weighted by molar-refractivity contribution is -0.111. The van der Waals surface area contributed by atoms with Gasteiger partial charge in [0.05, 0.1) is 29.5 Å². The summed E-state index contributed by atoms with van der Waals surface area (Å²) in [6.45, 7) is 8.64. The standard InChI is InChI=1S/C22H29N3O5S/c1-4-25(5-2)31(27,28)19-9-10-21(24-12-14-29-15-13-24)20(16-19)23-22(26)11-8-18-7-6-17(3)30-18/h6-11,16H,4-5,12-15H2,1-3H3,(H,23,26). The Morgan fingerprint density at radius 3 is 2.48 bits per heavy atom. The summed E-state index contributed by atoms with van der Waals surface area (Å²) < 4.78 is 38.2. The van der Waals surface area contributed by atoms with Gasteiger partial charge in [0.15, 0.2) is 0 Å². The second-order valence-corrected chi connectivity index (χ2v) is 9.08. The maximum atomic E-state index is 13.0. The van der Waals surface area contributed by atoms with E-state index in [2.05, 4.69) is 10.2 Å². The first-order valence-corrected chi connectivity index (χ1v) is 11.8. The van der Waals surface area contributed by atoms with Crippen LogP contribution in [-0.4, -0.2) is 58.0 Å². The Hall–Kier alpha value is -2.62. The monoisotopic (exact) mass is 447 g/mol. The molecule has 1 aromatic heterocycles. The Bertz CT molecular complexity index is 1040. The average Bonchev–Trinajstić information content (AvgIpc) is 3.18. The first kappa shape index (κ1) is 23.1. The second kappa shape index (κ2) is 10.1. The van der Waals surface area contributed by atoms with E-state index >= 15 is 0 Å². The van der Waals surface area contributed by atoms with Crippen molar-refractivity contribution in [2.24, 2.45) is 0 Å². The first-order valence-electron chi connectivity index (χ1n) is 10.4. The number of amides is 1. The molecule has 0 bridgehead atoms. The largest absolute Gasteiger partial charge is 0.462 e. The number of morpholine rings is 1. The van der Waals surface area contributed by atoms with E-state index in [1.54, 1.807) is 38.1 Å². The summed E-state index contributed by atoms with van der Waals surface area (Å²) in [6, 6.07) is 8.46. The van der Waals surface area contributed by atoms with E-state index in [-0.39, 0.29) is 10.8 Å². The van der Waals surface area contributed by atoms with Gasteiger partial charge < -0.3 is 19.4 Å². The van der Waals surface area contributed by atoms with Gasteiger partial charge in [0, 0.05) is 32.3 Å². The number of rotatable bonds is 8. The summed E-state index contributed by atoms with van der Waals surface area (Å²) >= 11 is 0. The third kappa shape index (κ3) is 5.55. The number of aryl methyl sites for hydroxylation is 1. The second-order valence-electron chi connectivity index (χ2n) is 7.14. The lowest BCUT2D eigenvalue weighted by Gasteiger charge is -2.31. The molecule has 9 heteroatoms. The molecule has 1 aromatic carbocycles. The third-order valence-corrected chi connectivity index (χ3v) is 7.13. The molecule has 0 radical (unpaired) electrons. The molecule has 1 saturated heterocycles. The molecule has 1 aliphatic rings. The van der Waals surface area contributed by atoms with Crippen molar-refractivity contribution in [1.82, 2.24) is 4.31 Å². The molecule has 168 valence electrons. The molecule has 2 aromatic rings. The van der Waals surface area contributed by atoms with Crippen molar-refractivity contribution in [2.45, 2.75) is 25.7 Å². The van der Waals surface area contributed by atoms with Crippen LogP contribution in [0.1, 0.15) is 25.4 Å². The van der Waals surface area contributed by atoms with Crippen molar-refractivity contribution in [3.63, 3.8) is 0 Å². The number of anilines is 2. The van der Waals surface area contributed by atoms with E-state index < -0.39 is 10.0 Å². The van der Waals surface area contributed by atoms with Gasteiger partial charge in [-0.05, 0) is 43.3 Å². The Balaban J connectivity index is 1.91. The molecule has 1 amide bonds. The van der Waals surface area contributed by atoms with Crippen molar-refractivity contribution >= 4 is 33.4 Å². The summed E-state index contributed by atoms with van der Waals surface area (Å²) in [5.41, 5.74) is 1.21. The highest BCUT2D eigenvalue weighted by molar-refractivity contribution is 7.89. The highest BCUT2D eigenvalue weighted by atomic mass is 32.2. The van der Waals surface area contributed by atoms with Crippen LogP contribution in [0, 0.1) is 6.92 Å². The van der Waals surface area contributed by atoms with Crippen molar-refractivity contribution in [3.8, 4) is 0 Å². The molecule has 2 heterocycles. The van der Waals surface area contributed by atoms with Crippen LogP contribution in [-0.2, 0) is 19.6 Å². The Morgan fingerprint density at radius 1 is 1.16 bits per heavy atom. The van der Waals surface area contributed by atoms with Gasteiger partial charge in [0.25, 0.3) is 0 Å². The summed E-state index contributed by atoms with van der Waals surface area (Å²) in [7, 11) is -3.65. The first-order chi connectivity index (χ1) is 14.8. The highest BCUT2D eigenvalue weighted by Gasteiger charge is 2.24. The zero-order valence-corrected chi connectivity index (χ0v) is 18.9. The van der Waals surface area contributed by atoms with E-state index in [4.69, 9.17) is 9.15 Å². The summed E-state index contributed by atoms with van der Waals surface area (Å²) in [5, 5.41) is 2.84. The minimum atomic E-state index is -3.65. The number of nitrogens with zero attached hydrogens (tertiary/aromatic N) is 2. The van der Waals surface area contributed by atoms with E-state index in [1.807, 2.05) is 13.0 Å². The predicted molar refractivity (Wildman–Crippen MR) is 121 cm³/mol. The van der Waals surface area contributed by atoms with Gasteiger partial charge in [-0.15, -0.1) is 0 Å². The zero-order valence-electron chi connectivity index (χ0n) is 18.1. The number of furan rings is 1. The summed E-state index contributed by atoms with van der Waals surface area (Å²) in [5.74, 6) is 0.948. The number of carbonyl (C=O) groups excluding carboxylic acids is 1.